The number of thiazole rings is 1. The van der Waals surface area contributed by atoms with Crippen molar-refractivity contribution >= 4 is 11.3 Å². The molecular weight excluding hydrogens is 158 g/mol. The summed E-state index contributed by atoms with van der Waals surface area (Å²) in [4.78, 5) is 4.05. The zero-order chi connectivity index (χ0) is 8.27. The third-order valence-corrected chi connectivity index (χ3v) is 2.54. The molecular formula is C8H13NOS. The summed E-state index contributed by atoms with van der Waals surface area (Å²) in [5.41, 5.74) is 2.56. The Balaban J connectivity index is 2.62. The first-order chi connectivity index (χ1) is 5.25. The van der Waals surface area contributed by atoms with Crippen LogP contribution >= 0.6 is 11.3 Å². The topological polar surface area (TPSA) is 33.1 Å². The van der Waals surface area contributed by atoms with Gasteiger partial charge in [0.2, 0.25) is 0 Å². The maximum absolute atomic E-state index is 9.62. The fraction of sp³-hybridized carbons (Fsp3) is 0.625. The quantitative estimate of drug-likeness (QED) is 0.756. The van der Waals surface area contributed by atoms with E-state index in [2.05, 4.69) is 11.9 Å². The number of rotatable bonds is 3. The minimum atomic E-state index is -0.383. The summed E-state index contributed by atoms with van der Waals surface area (Å²) in [6, 6.07) is 0. The third kappa shape index (κ3) is 2.01. The van der Waals surface area contributed by atoms with Crippen LogP contribution in [0, 0.1) is 5.92 Å². The lowest BCUT2D eigenvalue weighted by molar-refractivity contribution is 0.112. The number of nitrogens with zero attached hydrogens (tertiary/aromatic N) is 1. The molecule has 2 nitrogen and oxygen atoms in total. The van der Waals surface area contributed by atoms with E-state index in [1.807, 2.05) is 12.3 Å². The van der Waals surface area contributed by atoms with Gasteiger partial charge in [0.05, 0.1) is 17.3 Å². The molecule has 0 fully saturated rings. The Labute approximate surface area is 70.9 Å². The molecule has 1 aromatic rings. The van der Waals surface area contributed by atoms with E-state index in [0.29, 0.717) is 5.92 Å². The molecule has 1 aromatic heterocycles. The Morgan fingerprint density at radius 1 is 1.73 bits per heavy atom. The summed E-state index contributed by atoms with van der Waals surface area (Å²) in [7, 11) is 0. The monoisotopic (exact) mass is 171 g/mol. The van der Waals surface area contributed by atoms with Gasteiger partial charge in [0, 0.05) is 5.38 Å². The Hall–Kier alpha value is -0.410. The van der Waals surface area contributed by atoms with Crippen LogP contribution in [0.4, 0.5) is 0 Å². The van der Waals surface area contributed by atoms with Gasteiger partial charge in [-0.1, -0.05) is 20.3 Å². The average molecular weight is 171 g/mol. The summed E-state index contributed by atoms with van der Waals surface area (Å²) in [6.45, 7) is 4.10. The molecule has 0 aliphatic carbocycles. The van der Waals surface area contributed by atoms with Crippen LogP contribution in [0.2, 0.25) is 0 Å². The molecule has 1 heterocycles. The van der Waals surface area contributed by atoms with Crippen molar-refractivity contribution < 1.29 is 5.11 Å². The number of aliphatic hydroxyl groups excluding tert-OH is 1. The lowest BCUT2D eigenvalue weighted by Gasteiger charge is -2.13. The van der Waals surface area contributed by atoms with E-state index < -0.39 is 0 Å². The summed E-state index contributed by atoms with van der Waals surface area (Å²) >= 11 is 1.52. The Kier molecular flexibility index (Phi) is 3.02. The third-order valence-electron chi connectivity index (χ3n) is 1.94. The molecule has 2 unspecified atom stereocenters. The molecule has 0 bridgehead atoms. The molecule has 1 rings (SSSR count). The van der Waals surface area contributed by atoms with Crippen molar-refractivity contribution in [1.29, 1.82) is 0 Å². The predicted octanol–water partition coefficient (Wildman–Crippen LogP) is 2.22. The average Bonchev–Trinajstić information content (AvgIpc) is 2.53. The van der Waals surface area contributed by atoms with Gasteiger partial charge >= 0.3 is 0 Å². The highest BCUT2D eigenvalue weighted by Gasteiger charge is 2.15. The standard InChI is InChI=1S/C8H13NOS/c1-3-6(2)8(10)7-4-11-5-9-7/h4-6,8,10H,3H2,1-2H3. The van der Waals surface area contributed by atoms with Crippen molar-refractivity contribution in [3.05, 3.63) is 16.6 Å². The van der Waals surface area contributed by atoms with Gasteiger partial charge < -0.3 is 5.11 Å². The molecule has 62 valence electrons. The zero-order valence-electron chi connectivity index (χ0n) is 6.82. The SMILES string of the molecule is CCC(C)C(O)c1cscn1. The maximum Gasteiger partial charge on any atom is 0.0993 e. The second-order valence-electron chi connectivity index (χ2n) is 2.74. The summed E-state index contributed by atoms with van der Waals surface area (Å²) in [5.74, 6) is 0.303. The number of aliphatic hydroxyl groups is 1. The van der Waals surface area contributed by atoms with Gasteiger partial charge in [-0.15, -0.1) is 11.3 Å². The van der Waals surface area contributed by atoms with E-state index in [1.54, 1.807) is 5.51 Å². The largest absolute Gasteiger partial charge is 0.386 e. The lowest BCUT2D eigenvalue weighted by Crippen LogP contribution is -2.07. The first kappa shape index (κ1) is 8.68. The first-order valence-corrected chi connectivity index (χ1v) is 4.76. The Bertz CT molecular complexity index is 198. The van der Waals surface area contributed by atoms with Gasteiger partial charge in [0.1, 0.15) is 0 Å². The van der Waals surface area contributed by atoms with Gasteiger partial charge in [-0.3, -0.25) is 0 Å². The molecule has 0 aliphatic heterocycles. The van der Waals surface area contributed by atoms with Gasteiger partial charge in [-0.2, -0.15) is 0 Å². The van der Waals surface area contributed by atoms with Crippen molar-refractivity contribution in [3.63, 3.8) is 0 Å². The zero-order valence-corrected chi connectivity index (χ0v) is 7.64. The summed E-state index contributed by atoms with van der Waals surface area (Å²) in [6.07, 6.45) is 0.602. The van der Waals surface area contributed by atoms with Gasteiger partial charge in [-0.05, 0) is 5.92 Å². The molecule has 0 amide bonds. The molecule has 2 atom stereocenters. The first-order valence-electron chi connectivity index (χ1n) is 3.81. The van der Waals surface area contributed by atoms with Crippen LogP contribution in [-0.4, -0.2) is 10.1 Å². The maximum atomic E-state index is 9.62. The van der Waals surface area contributed by atoms with E-state index in [0.717, 1.165) is 12.1 Å². The second kappa shape index (κ2) is 3.83. The van der Waals surface area contributed by atoms with Gasteiger partial charge in [0.15, 0.2) is 0 Å². The van der Waals surface area contributed by atoms with Crippen LogP contribution in [0.1, 0.15) is 32.1 Å². The second-order valence-corrected chi connectivity index (χ2v) is 3.46. The fourth-order valence-electron chi connectivity index (χ4n) is 0.883. The van der Waals surface area contributed by atoms with Crippen LogP contribution in [0.25, 0.3) is 0 Å². The van der Waals surface area contributed by atoms with Gasteiger partial charge in [-0.25, -0.2) is 4.98 Å². The van der Waals surface area contributed by atoms with E-state index in [1.165, 1.54) is 11.3 Å². The van der Waals surface area contributed by atoms with Crippen molar-refractivity contribution in [1.82, 2.24) is 4.98 Å². The van der Waals surface area contributed by atoms with Crippen molar-refractivity contribution in [2.75, 3.05) is 0 Å². The molecule has 0 spiro atoms. The smallest absolute Gasteiger partial charge is 0.0993 e. The van der Waals surface area contributed by atoms with Crippen LogP contribution in [0.15, 0.2) is 10.9 Å². The molecule has 3 heteroatoms. The molecule has 0 saturated heterocycles. The van der Waals surface area contributed by atoms with Crippen LogP contribution in [-0.2, 0) is 0 Å². The van der Waals surface area contributed by atoms with Crippen molar-refractivity contribution in [2.24, 2.45) is 5.92 Å². The van der Waals surface area contributed by atoms with E-state index in [4.69, 9.17) is 0 Å². The van der Waals surface area contributed by atoms with Crippen molar-refractivity contribution in [2.45, 2.75) is 26.4 Å². The van der Waals surface area contributed by atoms with Gasteiger partial charge in [0.25, 0.3) is 0 Å². The highest BCUT2D eigenvalue weighted by atomic mass is 32.1. The van der Waals surface area contributed by atoms with Crippen molar-refractivity contribution in [3.8, 4) is 0 Å². The number of hydrogen-bond donors (Lipinski definition) is 1. The fourth-order valence-corrected chi connectivity index (χ4v) is 1.47. The van der Waals surface area contributed by atoms with Crippen LogP contribution < -0.4 is 0 Å². The Morgan fingerprint density at radius 2 is 2.45 bits per heavy atom. The molecule has 0 saturated carbocycles. The predicted molar refractivity (Wildman–Crippen MR) is 46.5 cm³/mol. The normalized spacial score (nSPS) is 16.3. The molecule has 0 radical (unpaired) electrons. The van der Waals surface area contributed by atoms with E-state index in [-0.39, 0.29) is 6.10 Å². The molecule has 0 aliphatic rings. The van der Waals surface area contributed by atoms with E-state index in [9.17, 15) is 5.11 Å². The van der Waals surface area contributed by atoms with Crippen LogP contribution in [0.5, 0.6) is 0 Å². The summed E-state index contributed by atoms with van der Waals surface area (Å²) in [5, 5.41) is 11.5. The van der Waals surface area contributed by atoms with Crippen LogP contribution in [0.3, 0.4) is 0 Å². The molecule has 1 N–H and O–H groups in total. The minimum absolute atomic E-state index is 0.303. The minimum Gasteiger partial charge on any atom is -0.386 e. The highest BCUT2D eigenvalue weighted by molar-refractivity contribution is 7.07. The number of hydrogen-bond acceptors (Lipinski definition) is 3. The molecule has 11 heavy (non-hydrogen) atoms. The highest BCUT2D eigenvalue weighted by Crippen LogP contribution is 2.23. The number of aromatic nitrogens is 1. The summed E-state index contributed by atoms with van der Waals surface area (Å²) < 4.78 is 0. The molecule has 0 aromatic carbocycles. The Morgan fingerprint density at radius 3 is 2.91 bits per heavy atom. The lowest BCUT2D eigenvalue weighted by atomic mass is 10.0. The van der Waals surface area contributed by atoms with E-state index >= 15 is 0 Å².